The minimum atomic E-state index is -0.348. The van der Waals surface area contributed by atoms with Crippen LogP contribution >= 0.6 is 0 Å². The van der Waals surface area contributed by atoms with Crippen LogP contribution in [0.25, 0.3) is 11.0 Å². The molecule has 2 aromatic rings. The second-order valence-corrected chi connectivity index (χ2v) is 9.80. The Morgan fingerprint density at radius 1 is 1.30 bits per heavy atom. The highest BCUT2D eigenvalue weighted by Crippen LogP contribution is 2.32. The molecule has 2 amide bonds. The van der Waals surface area contributed by atoms with Gasteiger partial charge in [-0.15, -0.1) is 0 Å². The first-order chi connectivity index (χ1) is 17.9. The Labute approximate surface area is 218 Å². The van der Waals surface area contributed by atoms with Gasteiger partial charge in [0.05, 0.1) is 17.1 Å². The molecule has 2 aliphatic rings. The maximum atomic E-state index is 13.3. The average molecular weight is 507 g/mol. The Morgan fingerprint density at radius 3 is 2.92 bits per heavy atom. The van der Waals surface area contributed by atoms with Crippen molar-refractivity contribution in [3.05, 3.63) is 59.8 Å². The molecule has 1 aromatic carbocycles. The number of carbonyl (C=O) groups is 2. The molecule has 37 heavy (non-hydrogen) atoms. The lowest BCUT2D eigenvalue weighted by Crippen LogP contribution is -2.35. The van der Waals surface area contributed by atoms with Crippen LogP contribution in [0.15, 0.2) is 54.3 Å². The van der Waals surface area contributed by atoms with Gasteiger partial charge in [-0.2, -0.15) is 0 Å². The van der Waals surface area contributed by atoms with E-state index in [1.165, 1.54) is 0 Å². The van der Waals surface area contributed by atoms with E-state index >= 15 is 0 Å². The summed E-state index contributed by atoms with van der Waals surface area (Å²) < 4.78 is 7.73. The van der Waals surface area contributed by atoms with E-state index in [1.54, 1.807) is 24.4 Å². The van der Waals surface area contributed by atoms with Crippen molar-refractivity contribution >= 4 is 28.8 Å². The fraction of sp³-hybridized carbons (Fsp3) is 0.464. The monoisotopic (exact) mass is 506 g/mol. The molecule has 0 aliphatic carbocycles. The van der Waals surface area contributed by atoms with Gasteiger partial charge >= 0.3 is 0 Å². The summed E-state index contributed by atoms with van der Waals surface area (Å²) in [6, 6.07) is 5.99. The van der Waals surface area contributed by atoms with Crippen LogP contribution in [0.4, 0.5) is 5.95 Å². The number of likely N-dealkylation sites (tertiary alicyclic amines) is 1. The number of dihydropyridines is 1. The van der Waals surface area contributed by atoms with Crippen LogP contribution in [0.1, 0.15) is 37.8 Å². The summed E-state index contributed by atoms with van der Waals surface area (Å²) in [6.07, 6.45) is 11.3. The Bertz CT molecular complexity index is 1210. The first-order valence-corrected chi connectivity index (χ1v) is 13.0. The number of aromatic nitrogens is 2. The van der Waals surface area contributed by atoms with E-state index in [-0.39, 0.29) is 24.1 Å². The van der Waals surface area contributed by atoms with E-state index in [9.17, 15) is 9.59 Å². The quantitative estimate of drug-likeness (QED) is 0.534. The summed E-state index contributed by atoms with van der Waals surface area (Å²) in [5.41, 5.74) is 3.40. The summed E-state index contributed by atoms with van der Waals surface area (Å²) in [5, 5.41) is 6.13. The minimum Gasteiger partial charge on any atom is -0.363 e. The van der Waals surface area contributed by atoms with Gasteiger partial charge in [-0.05, 0) is 77.2 Å². The molecular weight excluding hydrogens is 468 g/mol. The van der Waals surface area contributed by atoms with Gasteiger partial charge in [0.1, 0.15) is 6.23 Å². The van der Waals surface area contributed by atoms with Crippen LogP contribution in [0, 0.1) is 6.92 Å². The predicted molar refractivity (Wildman–Crippen MR) is 146 cm³/mol. The topological polar surface area (TPSA) is 91.7 Å². The van der Waals surface area contributed by atoms with Crippen molar-refractivity contribution in [3.8, 4) is 0 Å². The maximum absolute atomic E-state index is 13.3. The van der Waals surface area contributed by atoms with Crippen LogP contribution in [-0.2, 0) is 14.3 Å². The van der Waals surface area contributed by atoms with Crippen molar-refractivity contribution < 1.29 is 14.3 Å². The standard InChI is InChI=1S/C28H38N6O3/c1-5-37-24-18-21(14-15-29-24)27(36)31-28-30-23-12-8-10-20(2)26(23)34(28)22-11-6-7-17-33(19-22)25(35)13-9-16-32(3)4/h8-10,12-15,18,22,24,29H,5-7,11,16-17,19H2,1-4H3,(H,30,31,36)/b13-9+. The molecule has 9 nitrogen and oxygen atoms in total. The number of para-hydroxylation sites is 1. The van der Waals surface area contributed by atoms with E-state index < -0.39 is 0 Å². The number of benzene rings is 1. The number of ether oxygens (including phenoxy) is 1. The van der Waals surface area contributed by atoms with E-state index in [0.717, 1.165) is 42.4 Å². The van der Waals surface area contributed by atoms with Gasteiger partial charge in [0.25, 0.3) is 5.91 Å². The number of likely N-dealkylation sites (N-methyl/N-ethyl adjacent to an activating group) is 1. The molecule has 0 radical (unpaired) electrons. The number of fused-ring (bicyclic) bond motifs is 1. The molecule has 1 saturated heterocycles. The summed E-state index contributed by atoms with van der Waals surface area (Å²) in [5.74, 6) is 0.273. The third-order valence-corrected chi connectivity index (χ3v) is 6.65. The molecular formula is C28H38N6O3. The first kappa shape index (κ1) is 26.6. The Morgan fingerprint density at radius 2 is 2.14 bits per heavy atom. The average Bonchev–Trinajstić information content (AvgIpc) is 3.06. The Hall–Kier alpha value is -3.43. The van der Waals surface area contributed by atoms with Crippen LogP contribution in [0.3, 0.4) is 0 Å². The van der Waals surface area contributed by atoms with E-state index in [2.05, 4.69) is 28.2 Å². The van der Waals surface area contributed by atoms with Crippen molar-refractivity contribution in [2.75, 3.05) is 45.7 Å². The number of aryl methyl sites for hydroxylation is 1. The van der Waals surface area contributed by atoms with Gasteiger partial charge in [0.15, 0.2) is 0 Å². The van der Waals surface area contributed by atoms with Gasteiger partial charge in [-0.1, -0.05) is 18.2 Å². The number of hydrogen-bond donors (Lipinski definition) is 2. The Balaban J connectivity index is 1.64. The lowest BCUT2D eigenvalue weighted by Gasteiger charge is -2.26. The minimum absolute atomic E-state index is 0.0104. The summed E-state index contributed by atoms with van der Waals surface area (Å²) >= 11 is 0. The fourth-order valence-electron chi connectivity index (χ4n) is 4.87. The first-order valence-electron chi connectivity index (χ1n) is 13.0. The largest absolute Gasteiger partial charge is 0.363 e. The maximum Gasteiger partial charge on any atom is 0.257 e. The number of imidazole rings is 1. The molecule has 4 rings (SSSR count). The van der Waals surface area contributed by atoms with Crippen molar-refractivity contribution in [2.24, 2.45) is 0 Å². The third kappa shape index (κ3) is 6.47. The molecule has 3 heterocycles. The number of carbonyl (C=O) groups excluding carboxylic acids is 2. The van der Waals surface area contributed by atoms with Crippen LogP contribution in [0.2, 0.25) is 0 Å². The molecule has 1 fully saturated rings. The van der Waals surface area contributed by atoms with E-state index in [1.807, 2.05) is 49.0 Å². The van der Waals surface area contributed by atoms with Crippen LogP contribution in [0.5, 0.6) is 0 Å². The molecule has 2 aliphatic heterocycles. The summed E-state index contributed by atoms with van der Waals surface area (Å²) in [7, 11) is 3.96. The molecule has 9 heteroatoms. The van der Waals surface area contributed by atoms with Crippen molar-refractivity contribution in [2.45, 2.75) is 45.4 Å². The number of amides is 2. The van der Waals surface area contributed by atoms with Gasteiger partial charge < -0.3 is 24.4 Å². The lowest BCUT2D eigenvalue weighted by molar-refractivity contribution is -0.126. The molecule has 2 unspecified atom stereocenters. The highest BCUT2D eigenvalue weighted by molar-refractivity contribution is 6.05. The number of nitrogens with zero attached hydrogens (tertiary/aromatic N) is 4. The predicted octanol–water partition coefficient (Wildman–Crippen LogP) is 3.36. The molecule has 0 bridgehead atoms. The van der Waals surface area contributed by atoms with Gasteiger partial charge in [-0.3, -0.25) is 14.9 Å². The molecule has 198 valence electrons. The molecule has 0 saturated carbocycles. The third-order valence-electron chi connectivity index (χ3n) is 6.65. The number of rotatable bonds is 8. The molecule has 0 spiro atoms. The van der Waals surface area contributed by atoms with Crippen molar-refractivity contribution in [3.63, 3.8) is 0 Å². The number of nitrogens with one attached hydrogen (secondary N) is 2. The molecule has 2 atom stereocenters. The highest BCUT2D eigenvalue weighted by Gasteiger charge is 2.27. The van der Waals surface area contributed by atoms with Gasteiger partial charge in [0.2, 0.25) is 11.9 Å². The van der Waals surface area contributed by atoms with Crippen LogP contribution < -0.4 is 10.6 Å². The number of hydrogen-bond acceptors (Lipinski definition) is 6. The fourth-order valence-corrected chi connectivity index (χ4v) is 4.87. The smallest absolute Gasteiger partial charge is 0.257 e. The number of anilines is 1. The SMILES string of the molecule is CCOC1C=C(C(=O)Nc2nc3cccc(C)c3n2C2CCCCN(C(=O)/C=C/CN(C)C)C2)C=CN1. The van der Waals surface area contributed by atoms with E-state index in [4.69, 9.17) is 9.72 Å². The van der Waals surface area contributed by atoms with Gasteiger partial charge in [0, 0.05) is 37.9 Å². The van der Waals surface area contributed by atoms with Crippen LogP contribution in [-0.4, -0.2) is 77.7 Å². The zero-order valence-electron chi connectivity index (χ0n) is 22.2. The second kappa shape index (κ2) is 12.2. The zero-order chi connectivity index (χ0) is 26.4. The normalized spacial score (nSPS) is 20.2. The van der Waals surface area contributed by atoms with E-state index in [0.29, 0.717) is 31.2 Å². The Kier molecular flexibility index (Phi) is 8.78. The van der Waals surface area contributed by atoms with Crippen molar-refractivity contribution in [1.29, 1.82) is 0 Å². The molecule has 2 N–H and O–H groups in total. The van der Waals surface area contributed by atoms with Gasteiger partial charge in [-0.25, -0.2) is 4.98 Å². The second-order valence-electron chi connectivity index (χ2n) is 9.80. The summed E-state index contributed by atoms with van der Waals surface area (Å²) in [4.78, 5) is 35.1. The zero-order valence-corrected chi connectivity index (χ0v) is 22.2. The van der Waals surface area contributed by atoms with Crippen molar-refractivity contribution in [1.82, 2.24) is 24.7 Å². The highest BCUT2D eigenvalue weighted by atomic mass is 16.5. The molecule has 1 aromatic heterocycles. The summed E-state index contributed by atoms with van der Waals surface area (Å²) in [6.45, 7) is 6.50. The lowest BCUT2D eigenvalue weighted by atomic mass is 10.1.